The second-order valence-electron chi connectivity index (χ2n) is 4.85. The van der Waals surface area contributed by atoms with E-state index >= 15 is 0 Å². The summed E-state index contributed by atoms with van der Waals surface area (Å²) >= 11 is 0. The molecule has 0 saturated heterocycles. The van der Waals surface area contributed by atoms with Crippen LogP contribution in [0.4, 0.5) is 15.8 Å². The van der Waals surface area contributed by atoms with Gasteiger partial charge in [-0.3, -0.25) is 0 Å². The molecule has 0 fully saturated rings. The molecule has 0 spiro atoms. The predicted octanol–water partition coefficient (Wildman–Crippen LogP) is 3.74. The summed E-state index contributed by atoms with van der Waals surface area (Å²) < 4.78 is 18.6. The Bertz CT molecular complexity index is 537. The highest BCUT2D eigenvalue weighted by atomic mass is 19.1. The minimum Gasteiger partial charge on any atom is -0.469 e. The molecule has 102 valence electrons. The molecular weight excluding hydrogens is 243 g/mol. The van der Waals surface area contributed by atoms with Crippen LogP contribution >= 0.6 is 0 Å². The van der Waals surface area contributed by atoms with Gasteiger partial charge in [-0.15, -0.1) is 0 Å². The van der Waals surface area contributed by atoms with Crippen molar-refractivity contribution in [3.05, 3.63) is 47.7 Å². The molecule has 4 heteroatoms. The monoisotopic (exact) mass is 262 g/mol. The van der Waals surface area contributed by atoms with Crippen molar-refractivity contribution in [2.75, 3.05) is 11.1 Å². The van der Waals surface area contributed by atoms with Crippen LogP contribution < -0.4 is 11.1 Å². The number of hydrogen-bond donors (Lipinski definition) is 2. The number of aryl methyl sites for hydroxylation is 2. The summed E-state index contributed by atoms with van der Waals surface area (Å²) in [5.74, 6) is 0.697. The van der Waals surface area contributed by atoms with Gasteiger partial charge in [0.1, 0.15) is 11.6 Å². The summed E-state index contributed by atoms with van der Waals surface area (Å²) in [6.45, 7) is 3.80. The zero-order valence-electron chi connectivity index (χ0n) is 11.2. The molecule has 1 atom stereocenters. The molecule has 0 amide bonds. The Morgan fingerprint density at radius 2 is 2.21 bits per heavy atom. The van der Waals surface area contributed by atoms with E-state index in [0.29, 0.717) is 11.3 Å². The molecular formula is C15H19FN2O. The van der Waals surface area contributed by atoms with Gasteiger partial charge in [0.15, 0.2) is 0 Å². The zero-order valence-corrected chi connectivity index (χ0v) is 11.2. The van der Waals surface area contributed by atoms with Gasteiger partial charge in [-0.2, -0.15) is 0 Å². The number of rotatable bonds is 5. The van der Waals surface area contributed by atoms with Crippen molar-refractivity contribution in [1.29, 1.82) is 0 Å². The zero-order chi connectivity index (χ0) is 13.8. The number of halogens is 1. The van der Waals surface area contributed by atoms with Gasteiger partial charge in [0.2, 0.25) is 0 Å². The van der Waals surface area contributed by atoms with Crippen molar-refractivity contribution >= 4 is 11.4 Å². The predicted molar refractivity (Wildman–Crippen MR) is 75.7 cm³/mol. The normalized spacial score (nSPS) is 12.4. The van der Waals surface area contributed by atoms with E-state index in [1.165, 1.54) is 6.07 Å². The molecule has 1 unspecified atom stereocenters. The van der Waals surface area contributed by atoms with E-state index in [9.17, 15) is 4.39 Å². The summed E-state index contributed by atoms with van der Waals surface area (Å²) in [6, 6.07) is 7.18. The van der Waals surface area contributed by atoms with E-state index in [2.05, 4.69) is 12.2 Å². The summed E-state index contributed by atoms with van der Waals surface area (Å²) in [7, 11) is 0. The van der Waals surface area contributed by atoms with Gasteiger partial charge in [0.05, 0.1) is 17.6 Å². The summed E-state index contributed by atoms with van der Waals surface area (Å²) in [4.78, 5) is 0. The third kappa shape index (κ3) is 3.50. The lowest BCUT2D eigenvalue weighted by Gasteiger charge is -2.17. The van der Waals surface area contributed by atoms with Crippen LogP contribution in [0.5, 0.6) is 0 Å². The first-order valence-electron chi connectivity index (χ1n) is 6.41. The van der Waals surface area contributed by atoms with Gasteiger partial charge < -0.3 is 15.5 Å². The van der Waals surface area contributed by atoms with E-state index in [-0.39, 0.29) is 11.9 Å². The second kappa shape index (κ2) is 5.78. The van der Waals surface area contributed by atoms with Crippen LogP contribution in [0.3, 0.4) is 0 Å². The fraction of sp³-hybridized carbons (Fsp3) is 0.333. The average Bonchev–Trinajstić information content (AvgIpc) is 2.86. The molecule has 1 aromatic heterocycles. The van der Waals surface area contributed by atoms with Gasteiger partial charge in [0, 0.05) is 12.5 Å². The number of benzene rings is 1. The molecule has 1 aromatic carbocycles. The van der Waals surface area contributed by atoms with E-state index < -0.39 is 0 Å². The van der Waals surface area contributed by atoms with Crippen molar-refractivity contribution in [2.45, 2.75) is 32.7 Å². The summed E-state index contributed by atoms with van der Waals surface area (Å²) in [5.41, 5.74) is 7.62. The first kappa shape index (κ1) is 13.5. The van der Waals surface area contributed by atoms with Crippen LogP contribution in [0.25, 0.3) is 0 Å². The van der Waals surface area contributed by atoms with Gasteiger partial charge in [0.25, 0.3) is 0 Å². The number of nitrogens with two attached hydrogens (primary N) is 1. The smallest absolute Gasteiger partial charge is 0.128 e. The Morgan fingerprint density at radius 1 is 1.42 bits per heavy atom. The Hall–Kier alpha value is -1.97. The van der Waals surface area contributed by atoms with Crippen LogP contribution in [-0.4, -0.2) is 6.04 Å². The Labute approximate surface area is 112 Å². The molecule has 1 heterocycles. The van der Waals surface area contributed by atoms with E-state index in [4.69, 9.17) is 10.2 Å². The minimum absolute atomic E-state index is 0.234. The maximum absolute atomic E-state index is 13.3. The maximum Gasteiger partial charge on any atom is 0.128 e. The van der Waals surface area contributed by atoms with E-state index in [1.807, 2.05) is 12.1 Å². The van der Waals surface area contributed by atoms with Crippen molar-refractivity contribution in [1.82, 2.24) is 0 Å². The van der Waals surface area contributed by atoms with E-state index in [0.717, 1.165) is 24.3 Å². The summed E-state index contributed by atoms with van der Waals surface area (Å²) in [5, 5.41) is 3.31. The maximum atomic E-state index is 13.3. The fourth-order valence-corrected chi connectivity index (χ4v) is 1.97. The SMILES string of the molecule is Cc1cc(NC(C)CCc2ccco2)c(N)cc1F. The van der Waals surface area contributed by atoms with Crippen LogP contribution in [0, 0.1) is 12.7 Å². The van der Waals surface area contributed by atoms with Gasteiger partial charge in [-0.25, -0.2) is 4.39 Å². The molecule has 3 nitrogen and oxygen atoms in total. The van der Waals surface area contributed by atoms with Crippen LogP contribution in [0.15, 0.2) is 34.9 Å². The van der Waals surface area contributed by atoms with Gasteiger partial charge >= 0.3 is 0 Å². The lowest BCUT2D eigenvalue weighted by molar-refractivity contribution is 0.495. The van der Waals surface area contributed by atoms with Crippen molar-refractivity contribution in [3.63, 3.8) is 0 Å². The number of nitrogen functional groups attached to an aromatic ring is 1. The molecule has 0 bridgehead atoms. The standard InChI is InChI=1S/C15H19FN2O/c1-10-8-15(14(17)9-13(10)16)18-11(2)5-6-12-4-3-7-19-12/h3-4,7-9,11,18H,5-6,17H2,1-2H3. The van der Waals surface area contributed by atoms with Crippen molar-refractivity contribution < 1.29 is 8.81 Å². The molecule has 0 saturated carbocycles. The molecule has 2 aromatic rings. The summed E-state index contributed by atoms with van der Waals surface area (Å²) in [6.07, 6.45) is 3.46. The van der Waals surface area contributed by atoms with Crippen LogP contribution in [-0.2, 0) is 6.42 Å². The molecule has 3 N–H and O–H groups in total. The first-order chi connectivity index (χ1) is 9.06. The number of nitrogens with one attached hydrogen (secondary N) is 1. The number of hydrogen-bond acceptors (Lipinski definition) is 3. The quantitative estimate of drug-likeness (QED) is 0.807. The molecule has 0 aliphatic carbocycles. The van der Waals surface area contributed by atoms with Crippen molar-refractivity contribution in [2.24, 2.45) is 0 Å². The molecule has 19 heavy (non-hydrogen) atoms. The highest BCUT2D eigenvalue weighted by Gasteiger charge is 2.09. The Balaban J connectivity index is 1.95. The third-order valence-corrected chi connectivity index (χ3v) is 3.14. The largest absolute Gasteiger partial charge is 0.469 e. The van der Waals surface area contributed by atoms with E-state index in [1.54, 1.807) is 19.3 Å². The van der Waals surface area contributed by atoms with Gasteiger partial charge in [-0.05, 0) is 50.1 Å². The molecule has 2 rings (SSSR count). The van der Waals surface area contributed by atoms with Crippen LogP contribution in [0.1, 0.15) is 24.7 Å². The average molecular weight is 262 g/mol. The number of furan rings is 1. The Kier molecular flexibility index (Phi) is 4.10. The highest BCUT2D eigenvalue weighted by Crippen LogP contribution is 2.23. The molecule has 0 aliphatic heterocycles. The molecule has 0 aliphatic rings. The highest BCUT2D eigenvalue weighted by molar-refractivity contribution is 5.67. The topological polar surface area (TPSA) is 51.2 Å². The minimum atomic E-state index is -0.272. The second-order valence-corrected chi connectivity index (χ2v) is 4.85. The number of anilines is 2. The lowest BCUT2D eigenvalue weighted by atomic mass is 10.1. The molecule has 0 radical (unpaired) electrons. The van der Waals surface area contributed by atoms with Gasteiger partial charge in [-0.1, -0.05) is 0 Å². The van der Waals surface area contributed by atoms with Crippen molar-refractivity contribution in [3.8, 4) is 0 Å². The lowest BCUT2D eigenvalue weighted by Crippen LogP contribution is -2.17. The van der Waals surface area contributed by atoms with Crippen LogP contribution in [0.2, 0.25) is 0 Å². The fourth-order valence-electron chi connectivity index (χ4n) is 1.97. The Morgan fingerprint density at radius 3 is 2.89 bits per heavy atom. The third-order valence-electron chi connectivity index (χ3n) is 3.14. The first-order valence-corrected chi connectivity index (χ1v) is 6.41.